The lowest BCUT2D eigenvalue weighted by Crippen LogP contribution is -2.52. The highest BCUT2D eigenvalue weighted by atomic mass is 35.5. The molecule has 1 saturated heterocycles. The minimum atomic E-state index is -1.58. The summed E-state index contributed by atoms with van der Waals surface area (Å²) in [4.78, 5) is 12.3. The zero-order valence-corrected chi connectivity index (χ0v) is 17.1. The first-order valence-corrected chi connectivity index (χ1v) is 10.1. The van der Waals surface area contributed by atoms with Crippen LogP contribution >= 0.6 is 11.6 Å². The van der Waals surface area contributed by atoms with Gasteiger partial charge in [0.05, 0.1) is 25.3 Å². The number of Topliss-reactive ketones (excluding diaryl/α,β-unsaturated/α-hetero) is 1. The number of methoxy groups -OCH3 is 1. The molecular formula is C22H23ClO7. The molecule has 0 aromatic heterocycles. The number of hydrogen-bond donors (Lipinski definition) is 3. The molecule has 160 valence electrons. The molecule has 3 N–H and O–H groups in total. The van der Waals surface area contributed by atoms with Gasteiger partial charge in [-0.3, -0.25) is 4.79 Å². The van der Waals surface area contributed by atoms with E-state index < -0.39 is 36.8 Å². The minimum Gasteiger partial charge on any atom is -0.497 e. The Bertz CT molecular complexity index is 943. The van der Waals surface area contributed by atoms with Gasteiger partial charge in [0.15, 0.2) is 5.78 Å². The number of rotatable bonds is 5. The number of aliphatic hydroxyl groups is 3. The summed E-state index contributed by atoms with van der Waals surface area (Å²) in [6.07, 6.45) is -4.24. The van der Waals surface area contributed by atoms with Crippen molar-refractivity contribution >= 4 is 17.4 Å². The van der Waals surface area contributed by atoms with Crippen molar-refractivity contribution in [1.29, 1.82) is 0 Å². The molecule has 2 aliphatic rings. The SMILES string of the molecule is COc1ccc(Cc2cc([C@@H]3O[C@H](CO)[C@@H](O)C(=O)[C@H]3O)c3c(c2Cl)CCO3)cc1. The molecule has 2 aromatic rings. The van der Waals surface area contributed by atoms with Crippen molar-refractivity contribution in [2.24, 2.45) is 0 Å². The van der Waals surface area contributed by atoms with Gasteiger partial charge in [-0.25, -0.2) is 0 Å². The number of fused-ring (bicyclic) bond motifs is 1. The Labute approximate surface area is 178 Å². The molecule has 0 bridgehead atoms. The molecule has 0 unspecified atom stereocenters. The molecule has 4 atom stereocenters. The Kier molecular flexibility index (Phi) is 5.99. The largest absolute Gasteiger partial charge is 0.497 e. The molecule has 7 nitrogen and oxygen atoms in total. The van der Waals surface area contributed by atoms with E-state index in [1.165, 1.54) is 0 Å². The van der Waals surface area contributed by atoms with E-state index in [2.05, 4.69) is 0 Å². The second kappa shape index (κ2) is 8.53. The zero-order valence-electron chi connectivity index (χ0n) is 16.4. The summed E-state index contributed by atoms with van der Waals surface area (Å²) < 4.78 is 16.7. The first kappa shape index (κ1) is 21.1. The number of aliphatic hydroxyl groups excluding tert-OH is 3. The molecule has 0 saturated carbocycles. The van der Waals surface area contributed by atoms with Crippen LogP contribution in [0.2, 0.25) is 5.02 Å². The second-order valence-corrected chi connectivity index (χ2v) is 7.82. The molecule has 0 spiro atoms. The van der Waals surface area contributed by atoms with E-state index in [1.54, 1.807) is 13.2 Å². The van der Waals surface area contributed by atoms with Gasteiger partial charge in [-0.1, -0.05) is 23.7 Å². The molecule has 4 rings (SSSR count). The van der Waals surface area contributed by atoms with E-state index in [1.807, 2.05) is 24.3 Å². The molecular weight excluding hydrogens is 412 g/mol. The van der Waals surface area contributed by atoms with E-state index in [-0.39, 0.29) is 0 Å². The second-order valence-electron chi connectivity index (χ2n) is 7.44. The van der Waals surface area contributed by atoms with Crippen LogP contribution in [0.25, 0.3) is 0 Å². The molecule has 0 aliphatic carbocycles. The molecule has 2 aliphatic heterocycles. The normalized spacial score (nSPS) is 25.7. The molecule has 2 heterocycles. The fraction of sp³-hybridized carbons (Fsp3) is 0.409. The van der Waals surface area contributed by atoms with Gasteiger partial charge in [-0.15, -0.1) is 0 Å². The van der Waals surface area contributed by atoms with Gasteiger partial charge in [0.2, 0.25) is 0 Å². The third-order valence-corrected chi connectivity index (χ3v) is 6.07. The summed E-state index contributed by atoms with van der Waals surface area (Å²) >= 11 is 6.66. The number of ketones is 1. The fourth-order valence-corrected chi connectivity index (χ4v) is 4.27. The predicted molar refractivity (Wildman–Crippen MR) is 108 cm³/mol. The van der Waals surface area contributed by atoms with Crippen molar-refractivity contribution < 1.29 is 34.3 Å². The molecule has 0 radical (unpaired) electrons. The smallest absolute Gasteiger partial charge is 0.195 e. The monoisotopic (exact) mass is 434 g/mol. The van der Waals surface area contributed by atoms with Gasteiger partial charge in [0.25, 0.3) is 0 Å². The first-order valence-electron chi connectivity index (χ1n) is 9.70. The summed E-state index contributed by atoms with van der Waals surface area (Å²) in [5.74, 6) is 0.450. The van der Waals surface area contributed by atoms with E-state index in [4.69, 9.17) is 25.8 Å². The Morgan fingerprint density at radius 3 is 2.60 bits per heavy atom. The van der Waals surface area contributed by atoms with E-state index >= 15 is 0 Å². The topological polar surface area (TPSA) is 105 Å². The van der Waals surface area contributed by atoms with Crippen LogP contribution in [0.1, 0.15) is 28.4 Å². The van der Waals surface area contributed by atoms with E-state index in [0.717, 1.165) is 22.4 Å². The standard InChI is InChI=1S/C22H23ClO7/c1-28-13-4-2-11(3-5-13)8-12-9-15(21-14(17(12)23)6-7-29-21)22-20(27)19(26)18(25)16(10-24)30-22/h2-5,9,16,18,20,22,24-25,27H,6-8,10H2,1H3/t16-,18-,20-,22+/m1/s1. The van der Waals surface area contributed by atoms with Crippen molar-refractivity contribution in [2.45, 2.75) is 37.3 Å². The quantitative estimate of drug-likeness (QED) is 0.656. The third kappa shape index (κ3) is 3.68. The van der Waals surface area contributed by atoms with Gasteiger partial charge in [-0.2, -0.15) is 0 Å². The molecule has 1 fully saturated rings. The number of hydrogen-bond acceptors (Lipinski definition) is 7. The lowest BCUT2D eigenvalue weighted by molar-refractivity contribution is -0.189. The minimum absolute atomic E-state index is 0.427. The summed E-state index contributed by atoms with van der Waals surface area (Å²) in [6.45, 7) is -0.123. The zero-order chi connectivity index (χ0) is 21.4. The van der Waals surface area contributed by atoms with Crippen LogP contribution in [0.3, 0.4) is 0 Å². The van der Waals surface area contributed by atoms with Crippen LogP contribution < -0.4 is 9.47 Å². The van der Waals surface area contributed by atoms with Crippen LogP contribution in [0.4, 0.5) is 0 Å². The lowest BCUT2D eigenvalue weighted by Gasteiger charge is -2.36. The van der Waals surface area contributed by atoms with Crippen molar-refractivity contribution in [3.63, 3.8) is 0 Å². The van der Waals surface area contributed by atoms with Crippen LogP contribution in [-0.2, 0) is 22.4 Å². The molecule has 2 aromatic carbocycles. The van der Waals surface area contributed by atoms with Crippen LogP contribution in [0, 0.1) is 0 Å². The van der Waals surface area contributed by atoms with Crippen LogP contribution in [-0.4, -0.2) is 59.7 Å². The first-order chi connectivity index (χ1) is 14.4. The van der Waals surface area contributed by atoms with Crippen LogP contribution in [0.5, 0.6) is 11.5 Å². The van der Waals surface area contributed by atoms with Gasteiger partial charge < -0.3 is 29.5 Å². The Hall–Kier alpha value is -2.16. The van der Waals surface area contributed by atoms with Crippen molar-refractivity contribution in [2.75, 3.05) is 20.3 Å². The summed E-state index contributed by atoms with van der Waals surface area (Å²) in [5, 5.41) is 30.5. The van der Waals surface area contributed by atoms with Gasteiger partial charge in [0.1, 0.15) is 35.9 Å². The number of carbonyl (C=O) groups is 1. The average Bonchev–Trinajstić information content (AvgIpc) is 3.26. The molecule has 8 heteroatoms. The van der Waals surface area contributed by atoms with Crippen molar-refractivity contribution in [1.82, 2.24) is 0 Å². The number of benzene rings is 2. The average molecular weight is 435 g/mol. The third-order valence-electron chi connectivity index (χ3n) is 5.59. The van der Waals surface area contributed by atoms with Gasteiger partial charge in [-0.05, 0) is 35.7 Å². The number of ether oxygens (including phenoxy) is 3. The lowest BCUT2D eigenvalue weighted by atomic mass is 9.89. The van der Waals surface area contributed by atoms with Crippen molar-refractivity contribution in [3.8, 4) is 11.5 Å². The summed E-state index contributed by atoms with van der Waals surface area (Å²) in [6, 6.07) is 9.36. The van der Waals surface area contributed by atoms with Crippen LogP contribution in [0.15, 0.2) is 30.3 Å². The molecule has 0 amide bonds. The maximum Gasteiger partial charge on any atom is 0.195 e. The highest BCUT2D eigenvalue weighted by molar-refractivity contribution is 6.32. The Morgan fingerprint density at radius 2 is 1.93 bits per heavy atom. The van der Waals surface area contributed by atoms with E-state index in [9.17, 15) is 20.1 Å². The highest BCUT2D eigenvalue weighted by Crippen LogP contribution is 2.44. The highest BCUT2D eigenvalue weighted by Gasteiger charge is 2.45. The summed E-state index contributed by atoms with van der Waals surface area (Å²) in [5.41, 5.74) is 3.09. The van der Waals surface area contributed by atoms with Gasteiger partial charge in [0, 0.05) is 17.5 Å². The Balaban J connectivity index is 1.73. The van der Waals surface area contributed by atoms with Crippen molar-refractivity contribution in [3.05, 3.63) is 57.6 Å². The Morgan fingerprint density at radius 1 is 1.20 bits per heavy atom. The van der Waals surface area contributed by atoms with Gasteiger partial charge >= 0.3 is 0 Å². The predicted octanol–water partition coefficient (Wildman–Crippen LogP) is 1.60. The molecule has 30 heavy (non-hydrogen) atoms. The maximum atomic E-state index is 12.3. The number of halogens is 1. The van der Waals surface area contributed by atoms with E-state index in [0.29, 0.717) is 35.8 Å². The number of carbonyl (C=O) groups excluding carboxylic acids is 1. The maximum absolute atomic E-state index is 12.3. The fourth-order valence-electron chi connectivity index (χ4n) is 3.97. The summed E-state index contributed by atoms with van der Waals surface area (Å²) in [7, 11) is 1.60.